The summed E-state index contributed by atoms with van der Waals surface area (Å²) in [6.45, 7) is 5.07. The quantitative estimate of drug-likeness (QED) is 0.653. The highest BCUT2D eigenvalue weighted by Gasteiger charge is 2.31. The first-order chi connectivity index (χ1) is 14.5. The second-order valence-electron chi connectivity index (χ2n) is 7.49. The van der Waals surface area contributed by atoms with Crippen LogP contribution in [0.5, 0.6) is 0 Å². The number of carbonyl (C=O) groups excluding carboxylic acids is 1. The standard InChI is InChI=1S/C20H26N4O5S2/c1-15-3-7-19(8-4-15)31(28,29)24-13-11-23(12-14-24)16(2)20(25)22-17-5-9-18(10-6-17)30(21,26)27/h3-10,16H,11-14H2,1-2H3,(H,22,25)(H2,21,26,27). The number of nitrogens with one attached hydrogen (secondary N) is 1. The van der Waals surface area contributed by atoms with E-state index in [-0.39, 0.29) is 28.8 Å². The molecule has 1 heterocycles. The van der Waals surface area contributed by atoms with Crippen molar-refractivity contribution in [3.63, 3.8) is 0 Å². The third kappa shape index (κ3) is 5.49. The number of aryl methyl sites for hydroxylation is 1. The van der Waals surface area contributed by atoms with E-state index in [1.54, 1.807) is 31.2 Å². The van der Waals surface area contributed by atoms with Crippen LogP contribution in [0.15, 0.2) is 58.3 Å². The maximum absolute atomic E-state index is 12.8. The number of primary sulfonamides is 1. The number of hydrogen-bond donors (Lipinski definition) is 2. The third-order valence-corrected chi connectivity index (χ3v) is 8.15. The zero-order valence-electron chi connectivity index (χ0n) is 17.4. The van der Waals surface area contributed by atoms with E-state index in [4.69, 9.17) is 5.14 Å². The number of nitrogens with zero attached hydrogens (tertiary/aromatic N) is 2. The smallest absolute Gasteiger partial charge is 0.243 e. The summed E-state index contributed by atoms with van der Waals surface area (Å²) in [5.41, 5.74) is 1.44. The van der Waals surface area contributed by atoms with Gasteiger partial charge in [-0.15, -0.1) is 0 Å². The molecular weight excluding hydrogens is 440 g/mol. The van der Waals surface area contributed by atoms with E-state index in [0.29, 0.717) is 18.8 Å². The Bertz CT molecular complexity index is 1140. The predicted molar refractivity (Wildman–Crippen MR) is 117 cm³/mol. The van der Waals surface area contributed by atoms with E-state index >= 15 is 0 Å². The molecule has 0 radical (unpaired) electrons. The molecular formula is C20H26N4O5S2. The number of nitrogens with two attached hydrogens (primary N) is 1. The molecule has 9 nitrogen and oxygen atoms in total. The van der Waals surface area contributed by atoms with Crippen molar-refractivity contribution in [2.24, 2.45) is 5.14 Å². The lowest BCUT2D eigenvalue weighted by Crippen LogP contribution is -2.53. The highest BCUT2D eigenvalue weighted by molar-refractivity contribution is 7.89. The van der Waals surface area contributed by atoms with Crippen molar-refractivity contribution >= 4 is 31.6 Å². The molecule has 11 heteroatoms. The number of hydrogen-bond acceptors (Lipinski definition) is 6. The average Bonchev–Trinajstić information content (AvgIpc) is 2.73. The van der Waals surface area contributed by atoms with E-state index in [9.17, 15) is 21.6 Å². The van der Waals surface area contributed by atoms with Crippen molar-refractivity contribution in [2.75, 3.05) is 31.5 Å². The van der Waals surface area contributed by atoms with Crippen LogP contribution in [-0.2, 0) is 24.8 Å². The van der Waals surface area contributed by atoms with E-state index in [2.05, 4.69) is 5.32 Å². The van der Waals surface area contributed by atoms with Gasteiger partial charge in [0.1, 0.15) is 0 Å². The molecule has 3 N–H and O–H groups in total. The number of benzene rings is 2. The summed E-state index contributed by atoms with van der Waals surface area (Å²) in [7, 11) is -7.36. The minimum absolute atomic E-state index is 0.0375. The van der Waals surface area contributed by atoms with Gasteiger partial charge in [0.15, 0.2) is 0 Å². The highest BCUT2D eigenvalue weighted by atomic mass is 32.2. The first kappa shape index (κ1) is 23.4. The van der Waals surface area contributed by atoms with Crippen molar-refractivity contribution in [1.82, 2.24) is 9.21 Å². The van der Waals surface area contributed by atoms with Crippen LogP contribution < -0.4 is 10.5 Å². The lowest BCUT2D eigenvalue weighted by atomic mass is 10.2. The van der Waals surface area contributed by atoms with E-state index in [0.717, 1.165) is 5.56 Å². The van der Waals surface area contributed by atoms with Gasteiger partial charge in [-0.1, -0.05) is 17.7 Å². The molecule has 0 saturated carbocycles. The van der Waals surface area contributed by atoms with Crippen LogP contribution in [0.25, 0.3) is 0 Å². The maximum Gasteiger partial charge on any atom is 0.243 e. The van der Waals surface area contributed by atoms with Crippen molar-refractivity contribution in [3.8, 4) is 0 Å². The Hall–Kier alpha value is -2.31. The van der Waals surface area contributed by atoms with Crippen LogP contribution in [0.4, 0.5) is 5.69 Å². The maximum atomic E-state index is 12.8. The van der Waals surface area contributed by atoms with Crippen molar-refractivity contribution in [2.45, 2.75) is 29.7 Å². The zero-order chi connectivity index (χ0) is 22.8. The molecule has 0 bridgehead atoms. The number of piperazine rings is 1. The van der Waals surface area contributed by atoms with Gasteiger partial charge in [-0.25, -0.2) is 22.0 Å². The minimum atomic E-state index is -3.80. The number of sulfonamides is 2. The van der Waals surface area contributed by atoms with Crippen LogP contribution in [0.2, 0.25) is 0 Å². The van der Waals surface area contributed by atoms with Gasteiger partial charge in [0.05, 0.1) is 15.8 Å². The normalized spacial score (nSPS) is 17.3. The number of amides is 1. The number of anilines is 1. The summed E-state index contributed by atoms with van der Waals surface area (Å²) in [6.07, 6.45) is 0. The fourth-order valence-corrected chi connectivity index (χ4v) is 5.27. The summed E-state index contributed by atoms with van der Waals surface area (Å²) in [4.78, 5) is 14.7. The van der Waals surface area contributed by atoms with Crippen LogP contribution in [0.1, 0.15) is 12.5 Å². The van der Waals surface area contributed by atoms with Crippen LogP contribution in [-0.4, -0.2) is 64.2 Å². The fraction of sp³-hybridized carbons (Fsp3) is 0.350. The molecule has 0 aliphatic carbocycles. The first-order valence-corrected chi connectivity index (χ1v) is 12.7. The van der Waals surface area contributed by atoms with Crippen molar-refractivity contribution < 1.29 is 21.6 Å². The Morgan fingerprint density at radius 3 is 1.94 bits per heavy atom. The van der Waals surface area contributed by atoms with Gasteiger partial charge in [0, 0.05) is 31.9 Å². The van der Waals surface area contributed by atoms with Gasteiger partial charge in [-0.2, -0.15) is 4.31 Å². The Labute approximate surface area is 182 Å². The second kappa shape index (κ2) is 9.05. The summed E-state index contributed by atoms with van der Waals surface area (Å²) >= 11 is 0. The Morgan fingerprint density at radius 1 is 0.903 bits per heavy atom. The molecule has 1 unspecified atom stereocenters. The van der Waals surface area contributed by atoms with E-state index in [1.165, 1.54) is 28.6 Å². The average molecular weight is 467 g/mol. The van der Waals surface area contributed by atoms with Gasteiger partial charge in [-0.05, 0) is 50.2 Å². The Kier molecular flexibility index (Phi) is 6.82. The first-order valence-electron chi connectivity index (χ1n) is 9.73. The molecule has 1 saturated heterocycles. The van der Waals surface area contributed by atoms with Crippen LogP contribution in [0, 0.1) is 6.92 Å². The van der Waals surface area contributed by atoms with Crippen LogP contribution >= 0.6 is 0 Å². The molecule has 31 heavy (non-hydrogen) atoms. The summed E-state index contributed by atoms with van der Waals surface area (Å²) < 4.78 is 49.7. The topological polar surface area (TPSA) is 130 Å². The third-order valence-electron chi connectivity index (χ3n) is 5.31. The summed E-state index contributed by atoms with van der Waals surface area (Å²) in [5.74, 6) is -0.266. The Morgan fingerprint density at radius 2 is 1.42 bits per heavy atom. The molecule has 1 atom stereocenters. The molecule has 3 rings (SSSR count). The molecule has 2 aromatic carbocycles. The van der Waals surface area contributed by atoms with E-state index in [1.807, 2.05) is 11.8 Å². The molecule has 2 aromatic rings. The van der Waals surface area contributed by atoms with Crippen molar-refractivity contribution in [1.29, 1.82) is 0 Å². The number of carbonyl (C=O) groups is 1. The van der Waals surface area contributed by atoms with Gasteiger partial charge >= 0.3 is 0 Å². The fourth-order valence-electron chi connectivity index (χ4n) is 3.33. The SMILES string of the molecule is Cc1ccc(S(=O)(=O)N2CCN(C(C)C(=O)Nc3ccc(S(N)(=O)=O)cc3)CC2)cc1. The molecule has 1 amide bonds. The highest BCUT2D eigenvalue weighted by Crippen LogP contribution is 2.20. The van der Waals surface area contributed by atoms with Gasteiger partial charge in [0.25, 0.3) is 0 Å². The summed E-state index contributed by atoms with van der Waals surface area (Å²) in [6, 6.07) is 11.8. The predicted octanol–water partition coefficient (Wildman–Crippen LogP) is 0.976. The minimum Gasteiger partial charge on any atom is -0.325 e. The van der Waals surface area contributed by atoms with Gasteiger partial charge < -0.3 is 5.32 Å². The van der Waals surface area contributed by atoms with Crippen molar-refractivity contribution in [3.05, 3.63) is 54.1 Å². The van der Waals surface area contributed by atoms with Gasteiger partial charge in [0.2, 0.25) is 26.0 Å². The lowest BCUT2D eigenvalue weighted by Gasteiger charge is -2.36. The second-order valence-corrected chi connectivity index (χ2v) is 11.0. The zero-order valence-corrected chi connectivity index (χ0v) is 19.0. The largest absolute Gasteiger partial charge is 0.325 e. The monoisotopic (exact) mass is 466 g/mol. The molecule has 1 aliphatic heterocycles. The molecule has 0 aromatic heterocycles. The molecule has 1 aliphatic rings. The molecule has 168 valence electrons. The Balaban J connectivity index is 1.58. The van der Waals surface area contributed by atoms with Crippen LogP contribution in [0.3, 0.4) is 0 Å². The molecule has 1 fully saturated rings. The van der Waals surface area contributed by atoms with E-state index < -0.39 is 26.1 Å². The number of rotatable bonds is 6. The molecule has 0 spiro atoms. The van der Waals surface area contributed by atoms with Gasteiger partial charge in [-0.3, -0.25) is 9.69 Å². The summed E-state index contributed by atoms with van der Waals surface area (Å²) in [5, 5.41) is 7.81. The lowest BCUT2D eigenvalue weighted by molar-refractivity contribution is -0.121.